The molecule has 0 fully saturated rings. The predicted molar refractivity (Wildman–Crippen MR) is 128 cm³/mol. The van der Waals surface area contributed by atoms with Crippen molar-refractivity contribution >= 4 is 24.4 Å². The molecule has 0 aliphatic heterocycles. The molecule has 8 heteroatoms. The average molecular weight is 451 g/mol. The van der Waals surface area contributed by atoms with E-state index in [2.05, 4.69) is 22.8 Å². The van der Waals surface area contributed by atoms with Crippen LogP contribution in [0.4, 0.5) is 0 Å². The lowest BCUT2D eigenvalue weighted by Crippen LogP contribution is -2.23. The Hall–Kier alpha value is -3.10. The zero-order valence-corrected chi connectivity index (χ0v) is 19.1. The van der Waals surface area contributed by atoms with Crippen LogP contribution >= 0.6 is 24.4 Å². The van der Waals surface area contributed by atoms with Gasteiger partial charge in [-0.1, -0.05) is 36.4 Å². The second kappa shape index (κ2) is 10.3. The van der Waals surface area contributed by atoms with Gasteiger partial charge in [-0.2, -0.15) is 19.6 Å². The van der Waals surface area contributed by atoms with Crippen LogP contribution in [-0.2, 0) is 0 Å². The van der Waals surface area contributed by atoms with Gasteiger partial charge in [0.15, 0.2) is 0 Å². The van der Waals surface area contributed by atoms with Crippen molar-refractivity contribution in [3.8, 4) is 11.4 Å². The number of hydrogen-bond acceptors (Lipinski definition) is 6. The molecular weight excluding hydrogens is 428 g/mol. The molecule has 0 bridgehead atoms. The number of para-hydroxylation sites is 2. The molecule has 2 aromatic carbocycles. The summed E-state index contributed by atoms with van der Waals surface area (Å²) in [6, 6.07) is 18.7. The second-order valence-corrected chi connectivity index (χ2v) is 7.93. The highest BCUT2D eigenvalue weighted by Gasteiger charge is 2.07. The summed E-state index contributed by atoms with van der Waals surface area (Å²) < 4.78 is 2.80. The van der Waals surface area contributed by atoms with E-state index in [0.29, 0.717) is 10.5 Å². The minimum absolute atomic E-state index is 0.0574. The van der Waals surface area contributed by atoms with Crippen LogP contribution in [0, 0.1) is 13.8 Å². The normalized spacial score (nSPS) is 10.3. The van der Waals surface area contributed by atoms with Crippen LogP contribution in [0.5, 0.6) is 0 Å². The fraction of sp³-hybridized carbons (Fsp3) is 0.130. The molecule has 6 nitrogen and oxygen atoms in total. The van der Waals surface area contributed by atoms with Gasteiger partial charge in [-0.3, -0.25) is 9.59 Å². The van der Waals surface area contributed by atoms with Gasteiger partial charge in [-0.25, -0.2) is 0 Å². The molecular formula is C23H22N4O2S2. The summed E-state index contributed by atoms with van der Waals surface area (Å²) in [7, 11) is 0. The quantitative estimate of drug-likeness (QED) is 0.376. The number of thiol groups is 1. The summed E-state index contributed by atoms with van der Waals surface area (Å²) in [6.07, 6.45) is 5.25. The molecule has 0 spiro atoms. The zero-order chi connectivity index (χ0) is 22.4. The van der Waals surface area contributed by atoms with E-state index in [4.69, 9.17) is 0 Å². The van der Waals surface area contributed by atoms with Gasteiger partial charge in [0.05, 0.1) is 23.8 Å². The van der Waals surface area contributed by atoms with Gasteiger partial charge in [0.25, 0.3) is 11.1 Å². The van der Waals surface area contributed by atoms with Gasteiger partial charge in [-0.15, -0.1) is 24.4 Å². The highest BCUT2D eigenvalue weighted by molar-refractivity contribution is 7.98. The van der Waals surface area contributed by atoms with Crippen molar-refractivity contribution in [2.45, 2.75) is 23.6 Å². The predicted octanol–water partition coefficient (Wildman–Crippen LogP) is 4.09. The Morgan fingerprint density at radius 1 is 0.742 bits per heavy atom. The smallest absolute Gasteiger partial charge is 0.267 e. The summed E-state index contributed by atoms with van der Waals surface area (Å²) in [6.45, 7) is 3.57. The standard InChI is InChI=1S/C12H12N2OS.C11H10N2OS/c1-9-11(16-2)8-13-14(12(9)15)10-6-4-3-5-7-10;1-8-10(15)7-12-13(11(8)14)9-5-3-2-4-6-9/h3-8H,1-2H3;2-7,15H,1H3. The van der Waals surface area contributed by atoms with Crippen LogP contribution in [-0.4, -0.2) is 25.8 Å². The molecule has 0 amide bonds. The Morgan fingerprint density at radius 2 is 1.19 bits per heavy atom. The third kappa shape index (κ3) is 5.15. The van der Waals surface area contributed by atoms with Crippen LogP contribution < -0.4 is 11.1 Å². The molecule has 0 aliphatic carbocycles. The van der Waals surface area contributed by atoms with Crippen LogP contribution in [0.1, 0.15) is 11.1 Å². The Morgan fingerprint density at radius 3 is 1.68 bits per heavy atom. The lowest BCUT2D eigenvalue weighted by molar-refractivity contribution is 0.777. The van der Waals surface area contributed by atoms with Crippen molar-refractivity contribution in [2.75, 3.05) is 6.26 Å². The van der Waals surface area contributed by atoms with Crippen LogP contribution in [0.2, 0.25) is 0 Å². The minimum atomic E-state index is -0.131. The topological polar surface area (TPSA) is 69.8 Å². The number of benzene rings is 2. The maximum Gasteiger partial charge on any atom is 0.275 e. The lowest BCUT2D eigenvalue weighted by Gasteiger charge is -2.07. The molecule has 0 unspecified atom stereocenters. The maximum absolute atomic E-state index is 12.0. The Kier molecular flexibility index (Phi) is 7.49. The number of thioether (sulfide) groups is 1. The minimum Gasteiger partial charge on any atom is -0.267 e. The molecule has 4 rings (SSSR count). The van der Waals surface area contributed by atoms with Crippen molar-refractivity contribution in [1.29, 1.82) is 0 Å². The van der Waals surface area contributed by atoms with Gasteiger partial charge in [-0.05, 0) is 44.4 Å². The third-order valence-corrected chi connectivity index (χ3v) is 5.89. The van der Waals surface area contributed by atoms with Crippen molar-refractivity contribution in [3.05, 3.63) is 105 Å². The van der Waals surface area contributed by atoms with Crippen molar-refractivity contribution in [2.24, 2.45) is 0 Å². The molecule has 0 radical (unpaired) electrons. The molecule has 158 valence electrons. The fourth-order valence-electron chi connectivity index (χ4n) is 2.77. The van der Waals surface area contributed by atoms with Crippen LogP contribution in [0.15, 0.2) is 92.4 Å². The largest absolute Gasteiger partial charge is 0.275 e. The lowest BCUT2D eigenvalue weighted by atomic mass is 10.3. The summed E-state index contributed by atoms with van der Waals surface area (Å²) in [5.41, 5.74) is 2.72. The van der Waals surface area contributed by atoms with E-state index in [1.54, 1.807) is 19.3 Å². The highest BCUT2D eigenvalue weighted by Crippen LogP contribution is 2.15. The fourth-order valence-corrected chi connectivity index (χ4v) is 3.46. The van der Waals surface area contributed by atoms with E-state index >= 15 is 0 Å². The molecule has 0 aliphatic rings. The summed E-state index contributed by atoms with van der Waals surface area (Å²) in [4.78, 5) is 25.4. The first-order chi connectivity index (χ1) is 14.9. The Bertz CT molecular complexity index is 1290. The van der Waals surface area contributed by atoms with Crippen LogP contribution in [0.25, 0.3) is 11.4 Å². The third-order valence-electron chi connectivity index (χ3n) is 4.59. The SMILES string of the molecule is CSc1cnn(-c2ccccc2)c(=O)c1C.Cc1c(S)cnn(-c2ccccc2)c1=O. The Labute approximate surface area is 190 Å². The molecule has 2 aromatic heterocycles. The number of nitrogens with zero attached hydrogens (tertiary/aromatic N) is 4. The number of rotatable bonds is 3. The first kappa shape index (κ1) is 22.6. The van der Waals surface area contributed by atoms with Crippen LogP contribution in [0.3, 0.4) is 0 Å². The Balaban J connectivity index is 0.000000176. The molecule has 0 saturated heterocycles. The van der Waals surface area contributed by atoms with Gasteiger partial charge < -0.3 is 0 Å². The average Bonchev–Trinajstić information content (AvgIpc) is 2.81. The van der Waals surface area contributed by atoms with E-state index in [1.807, 2.05) is 73.8 Å². The first-order valence-corrected chi connectivity index (χ1v) is 11.1. The summed E-state index contributed by atoms with van der Waals surface area (Å²) >= 11 is 5.69. The van der Waals surface area contributed by atoms with E-state index < -0.39 is 0 Å². The van der Waals surface area contributed by atoms with Gasteiger partial charge >= 0.3 is 0 Å². The summed E-state index contributed by atoms with van der Waals surface area (Å²) in [5.74, 6) is 0. The highest BCUT2D eigenvalue weighted by atomic mass is 32.2. The molecule has 0 saturated carbocycles. The van der Waals surface area contributed by atoms with E-state index in [-0.39, 0.29) is 11.1 Å². The number of hydrogen-bond donors (Lipinski definition) is 1. The van der Waals surface area contributed by atoms with E-state index in [9.17, 15) is 9.59 Å². The van der Waals surface area contributed by atoms with Gasteiger partial charge in [0.1, 0.15) is 0 Å². The maximum atomic E-state index is 12.0. The zero-order valence-electron chi connectivity index (χ0n) is 17.4. The van der Waals surface area contributed by atoms with Gasteiger partial charge in [0.2, 0.25) is 0 Å². The van der Waals surface area contributed by atoms with E-state index in [0.717, 1.165) is 21.8 Å². The molecule has 0 N–H and O–H groups in total. The molecule has 2 heterocycles. The van der Waals surface area contributed by atoms with Crippen molar-refractivity contribution < 1.29 is 0 Å². The molecule has 31 heavy (non-hydrogen) atoms. The molecule has 0 atom stereocenters. The second-order valence-electron chi connectivity index (χ2n) is 6.60. The van der Waals surface area contributed by atoms with Gasteiger partial charge in [0, 0.05) is 20.9 Å². The monoisotopic (exact) mass is 450 g/mol. The van der Waals surface area contributed by atoms with Crippen molar-refractivity contribution in [3.63, 3.8) is 0 Å². The van der Waals surface area contributed by atoms with Crippen molar-refractivity contribution in [1.82, 2.24) is 19.6 Å². The van der Waals surface area contributed by atoms with E-state index in [1.165, 1.54) is 21.1 Å². The number of aromatic nitrogens is 4. The molecule has 4 aromatic rings. The summed E-state index contributed by atoms with van der Waals surface area (Å²) in [5, 5.41) is 8.20. The first-order valence-electron chi connectivity index (χ1n) is 9.45.